The van der Waals surface area contributed by atoms with Gasteiger partial charge in [-0.15, -0.1) is 0 Å². The maximum atomic E-state index is 8.34. The van der Waals surface area contributed by atoms with Crippen LogP contribution in [0.5, 0.6) is 0 Å². The molecular weight excluding hydrogens is 190 g/mol. The fraction of sp³-hybridized carbons (Fsp3) is 0.273. The molecule has 0 aliphatic carbocycles. The van der Waals surface area contributed by atoms with Crippen LogP contribution in [-0.4, -0.2) is 27.8 Å². The van der Waals surface area contributed by atoms with Gasteiger partial charge in [-0.05, 0) is 24.6 Å². The molecule has 1 atom stereocenters. The van der Waals surface area contributed by atoms with Crippen LogP contribution in [0.3, 0.4) is 0 Å². The zero-order valence-electron chi connectivity index (χ0n) is 8.14. The SMILES string of the molecule is OC1CCN1.c1nc2nc3ccc2cc13. The fourth-order valence-corrected chi connectivity index (χ4v) is 1.58. The van der Waals surface area contributed by atoms with E-state index in [-0.39, 0.29) is 6.23 Å². The van der Waals surface area contributed by atoms with Gasteiger partial charge in [-0.1, -0.05) is 0 Å². The van der Waals surface area contributed by atoms with Crippen molar-refractivity contribution in [3.8, 4) is 0 Å². The van der Waals surface area contributed by atoms with Crippen molar-refractivity contribution in [2.75, 3.05) is 6.54 Å². The zero-order valence-corrected chi connectivity index (χ0v) is 8.14. The fourth-order valence-electron chi connectivity index (χ4n) is 1.58. The Morgan fingerprint density at radius 2 is 2.13 bits per heavy atom. The van der Waals surface area contributed by atoms with Crippen LogP contribution in [0.15, 0.2) is 24.4 Å². The Balaban J connectivity index is 0.000000123. The van der Waals surface area contributed by atoms with E-state index in [9.17, 15) is 0 Å². The standard InChI is InChI=1S/C8H4N2.C3H7NO/c1-2-7-6-3-5(1)8(10-7)9-4-6;5-3-1-2-4-3/h1-4H;3-5H,1-2H2. The summed E-state index contributed by atoms with van der Waals surface area (Å²) in [5, 5.41) is 13.4. The smallest absolute Gasteiger partial charge is 0.159 e. The molecule has 4 bridgehead atoms. The lowest BCUT2D eigenvalue weighted by Crippen LogP contribution is -2.42. The maximum absolute atomic E-state index is 8.34. The minimum Gasteiger partial charge on any atom is -0.379 e. The van der Waals surface area contributed by atoms with Gasteiger partial charge in [0, 0.05) is 23.5 Å². The summed E-state index contributed by atoms with van der Waals surface area (Å²) >= 11 is 0. The van der Waals surface area contributed by atoms with Crippen molar-refractivity contribution in [3.63, 3.8) is 0 Å². The molecule has 4 heteroatoms. The first-order valence-electron chi connectivity index (χ1n) is 5.01. The third-order valence-electron chi connectivity index (χ3n) is 2.64. The number of hydrogen-bond acceptors (Lipinski definition) is 4. The number of aliphatic hydroxyl groups is 1. The van der Waals surface area contributed by atoms with Gasteiger partial charge in [0.1, 0.15) is 6.23 Å². The van der Waals surface area contributed by atoms with Gasteiger partial charge in [0.05, 0.1) is 5.52 Å². The number of fused-ring (bicyclic) bond motifs is 2. The lowest BCUT2D eigenvalue weighted by Gasteiger charge is -2.20. The third kappa shape index (κ3) is 1.48. The summed E-state index contributed by atoms with van der Waals surface area (Å²) < 4.78 is 0. The summed E-state index contributed by atoms with van der Waals surface area (Å²) in [6.45, 7) is 0.987. The number of nitrogens with zero attached hydrogens (tertiary/aromatic N) is 2. The van der Waals surface area contributed by atoms with Crippen molar-refractivity contribution in [1.29, 1.82) is 0 Å². The molecule has 1 aliphatic heterocycles. The van der Waals surface area contributed by atoms with Crippen molar-refractivity contribution in [3.05, 3.63) is 24.4 Å². The highest BCUT2D eigenvalue weighted by Crippen LogP contribution is 2.21. The highest BCUT2D eigenvalue weighted by Gasteiger charge is 2.09. The topological polar surface area (TPSA) is 58.0 Å². The molecule has 0 saturated carbocycles. The molecule has 5 aromatic rings. The molecule has 0 amide bonds. The van der Waals surface area contributed by atoms with Gasteiger partial charge >= 0.3 is 0 Å². The summed E-state index contributed by atoms with van der Waals surface area (Å²) in [6.07, 6.45) is 2.61. The quantitative estimate of drug-likeness (QED) is 0.568. The van der Waals surface area contributed by atoms with E-state index in [0.29, 0.717) is 0 Å². The van der Waals surface area contributed by atoms with E-state index in [4.69, 9.17) is 5.11 Å². The highest BCUT2D eigenvalue weighted by molar-refractivity contribution is 5.95. The van der Waals surface area contributed by atoms with Crippen LogP contribution in [0.4, 0.5) is 0 Å². The van der Waals surface area contributed by atoms with Gasteiger partial charge < -0.3 is 5.11 Å². The molecule has 1 aliphatic rings. The molecule has 1 aromatic carbocycles. The molecule has 6 rings (SSSR count). The zero-order chi connectivity index (χ0) is 10.3. The molecule has 15 heavy (non-hydrogen) atoms. The minimum absolute atomic E-state index is 0.185. The van der Waals surface area contributed by atoms with Crippen LogP contribution in [0.2, 0.25) is 0 Å². The number of nitrogens with one attached hydrogen (secondary N) is 1. The molecule has 2 N–H and O–H groups in total. The second-order valence-electron chi connectivity index (χ2n) is 3.73. The Morgan fingerprint density at radius 1 is 1.33 bits per heavy atom. The molecule has 0 radical (unpaired) electrons. The Labute approximate surface area is 86.6 Å². The highest BCUT2D eigenvalue weighted by atomic mass is 16.3. The molecule has 1 saturated heterocycles. The lowest BCUT2D eigenvalue weighted by molar-refractivity contribution is 0.0737. The molecule has 5 heterocycles. The summed E-state index contributed by atoms with van der Waals surface area (Å²) in [6, 6.07) is 6.20. The van der Waals surface area contributed by atoms with Gasteiger partial charge in [0.2, 0.25) is 0 Å². The van der Waals surface area contributed by atoms with Crippen molar-refractivity contribution < 1.29 is 5.11 Å². The predicted octanol–water partition coefficient (Wildman–Crippen LogP) is 0.957. The lowest BCUT2D eigenvalue weighted by atomic mass is 10.1. The minimum atomic E-state index is -0.185. The molecule has 0 spiro atoms. The van der Waals surface area contributed by atoms with E-state index >= 15 is 0 Å². The summed E-state index contributed by atoms with van der Waals surface area (Å²) in [5.74, 6) is 0. The number of aliphatic hydroxyl groups excluding tert-OH is 1. The molecular formula is C11H11N3O. The third-order valence-corrected chi connectivity index (χ3v) is 2.64. The van der Waals surface area contributed by atoms with Gasteiger partial charge in [-0.3, -0.25) is 5.32 Å². The Morgan fingerprint density at radius 3 is 2.47 bits per heavy atom. The summed E-state index contributed by atoms with van der Waals surface area (Å²) in [4.78, 5) is 8.39. The van der Waals surface area contributed by atoms with Crippen LogP contribution in [0.1, 0.15) is 6.42 Å². The van der Waals surface area contributed by atoms with E-state index < -0.39 is 0 Å². The largest absolute Gasteiger partial charge is 0.379 e. The molecule has 76 valence electrons. The van der Waals surface area contributed by atoms with Gasteiger partial charge in [0.15, 0.2) is 5.65 Å². The van der Waals surface area contributed by atoms with E-state index in [1.807, 2.05) is 12.3 Å². The van der Waals surface area contributed by atoms with E-state index in [1.54, 1.807) is 0 Å². The Bertz CT molecular complexity index is 465. The number of rotatable bonds is 0. The van der Waals surface area contributed by atoms with Crippen LogP contribution in [0.25, 0.3) is 21.9 Å². The second-order valence-corrected chi connectivity index (χ2v) is 3.73. The molecule has 4 nitrogen and oxygen atoms in total. The second kappa shape index (κ2) is 3.25. The summed E-state index contributed by atoms with van der Waals surface area (Å²) in [5.41, 5.74) is 1.92. The van der Waals surface area contributed by atoms with Crippen molar-refractivity contribution >= 4 is 21.9 Å². The first-order chi connectivity index (χ1) is 7.33. The average Bonchev–Trinajstić information content (AvgIpc) is 2.28. The van der Waals surface area contributed by atoms with E-state index in [2.05, 4.69) is 27.4 Å². The van der Waals surface area contributed by atoms with Crippen LogP contribution in [0, 0.1) is 0 Å². The maximum Gasteiger partial charge on any atom is 0.159 e. The average molecular weight is 201 g/mol. The van der Waals surface area contributed by atoms with Crippen LogP contribution < -0.4 is 5.32 Å². The van der Waals surface area contributed by atoms with Crippen LogP contribution >= 0.6 is 0 Å². The Kier molecular flexibility index (Phi) is 1.90. The van der Waals surface area contributed by atoms with Crippen molar-refractivity contribution in [1.82, 2.24) is 15.3 Å². The number of hydrogen-bond donors (Lipinski definition) is 2. The predicted molar refractivity (Wildman–Crippen MR) is 58.0 cm³/mol. The van der Waals surface area contributed by atoms with Crippen LogP contribution in [-0.2, 0) is 0 Å². The van der Waals surface area contributed by atoms with Gasteiger partial charge in [-0.25, -0.2) is 9.97 Å². The molecule has 1 fully saturated rings. The van der Waals surface area contributed by atoms with Crippen molar-refractivity contribution in [2.45, 2.75) is 12.6 Å². The molecule has 4 aromatic heterocycles. The first kappa shape index (κ1) is 8.76. The Hall–Kier alpha value is -1.52. The van der Waals surface area contributed by atoms with E-state index in [1.165, 1.54) is 0 Å². The first-order valence-corrected chi connectivity index (χ1v) is 5.01. The number of aromatic nitrogens is 2. The molecule has 1 unspecified atom stereocenters. The normalized spacial score (nSPS) is 20.2. The summed E-state index contributed by atoms with van der Waals surface area (Å²) in [7, 11) is 0. The van der Waals surface area contributed by atoms with Crippen molar-refractivity contribution in [2.24, 2.45) is 0 Å². The number of pyridine rings is 3. The van der Waals surface area contributed by atoms with Gasteiger partial charge in [0.25, 0.3) is 0 Å². The monoisotopic (exact) mass is 201 g/mol. The van der Waals surface area contributed by atoms with Gasteiger partial charge in [-0.2, -0.15) is 0 Å². The van der Waals surface area contributed by atoms with E-state index in [0.717, 1.165) is 34.9 Å². The number of benzene rings is 1.